The quantitative estimate of drug-likeness (QED) is 0.457. The van der Waals surface area contributed by atoms with Gasteiger partial charge in [-0.25, -0.2) is 4.68 Å². The number of rotatable bonds is 7. The van der Waals surface area contributed by atoms with Crippen molar-refractivity contribution in [1.82, 2.24) is 30.1 Å². The lowest BCUT2D eigenvalue weighted by atomic mass is 10.1. The molecule has 0 bridgehead atoms. The molecule has 4 aromatic rings. The predicted octanol–water partition coefficient (Wildman–Crippen LogP) is 4.26. The van der Waals surface area contributed by atoms with Gasteiger partial charge in [0.15, 0.2) is 5.78 Å². The number of aromatic amines is 1. The zero-order valence-electron chi connectivity index (χ0n) is 17.5. The van der Waals surface area contributed by atoms with Crippen LogP contribution in [0.2, 0.25) is 0 Å². The van der Waals surface area contributed by atoms with Gasteiger partial charge in [-0.3, -0.25) is 9.89 Å². The fourth-order valence-electron chi connectivity index (χ4n) is 4.25. The van der Waals surface area contributed by atoms with Crippen LogP contribution in [0.4, 0.5) is 0 Å². The highest BCUT2D eigenvalue weighted by Crippen LogP contribution is 2.24. The van der Waals surface area contributed by atoms with E-state index >= 15 is 0 Å². The molecule has 7 nitrogen and oxygen atoms in total. The molecule has 1 aliphatic rings. The Balaban J connectivity index is 1.23. The summed E-state index contributed by atoms with van der Waals surface area (Å²) >= 11 is 0. The molecule has 31 heavy (non-hydrogen) atoms. The van der Waals surface area contributed by atoms with E-state index in [1.807, 2.05) is 54.7 Å². The molecule has 0 spiro atoms. The molecule has 7 heteroatoms. The molecule has 2 aromatic heterocycles. The van der Waals surface area contributed by atoms with E-state index in [1.165, 1.54) is 32.4 Å². The van der Waals surface area contributed by atoms with E-state index in [-0.39, 0.29) is 5.78 Å². The maximum Gasteiger partial charge on any atom is 0.162 e. The Kier molecular flexibility index (Phi) is 5.58. The number of fused-ring (bicyclic) bond motifs is 1. The van der Waals surface area contributed by atoms with Gasteiger partial charge < -0.3 is 4.90 Å². The Morgan fingerprint density at radius 1 is 1.00 bits per heavy atom. The second-order valence-corrected chi connectivity index (χ2v) is 8.14. The number of hydrogen-bond donors (Lipinski definition) is 1. The van der Waals surface area contributed by atoms with Crippen LogP contribution in [0.5, 0.6) is 0 Å². The number of benzene rings is 2. The maximum atomic E-state index is 12.6. The molecule has 0 radical (unpaired) electrons. The van der Waals surface area contributed by atoms with Gasteiger partial charge in [-0.15, -0.1) is 5.10 Å². The second-order valence-electron chi connectivity index (χ2n) is 8.14. The SMILES string of the molecule is O=C(CCCN1CCCCC1)c1ccc(-n2cc(-c3n[nH]c4ccccc34)nn2)cc1. The fraction of sp³-hybridized carbons (Fsp3) is 0.333. The lowest BCUT2D eigenvalue weighted by Gasteiger charge is -2.26. The number of piperidine rings is 1. The van der Waals surface area contributed by atoms with Crippen LogP contribution in [-0.4, -0.2) is 55.5 Å². The number of carbonyl (C=O) groups is 1. The molecule has 158 valence electrons. The first-order valence-electron chi connectivity index (χ1n) is 11.0. The molecule has 2 aromatic carbocycles. The number of aromatic nitrogens is 5. The topological polar surface area (TPSA) is 79.7 Å². The van der Waals surface area contributed by atoms with Crippen molar-refractivity contribution in [1.29, 1.82) is 0 Å². The van der Waals surface area contributed by atoms with E-state index in [1.54, 1.807) is 4.68 Å². The fourth-order valence-corrected chi connectivity index (χ4v) is 4.25. The van der Waals surface area contributed by atoms with Crippen LogP contribution in [0.1, 0.15) is 42.5 Å². The van der Waals surface area contributed by atoms with Gasteiger partial charge in [-0.1, -0.05) is 29.8 Å². The number of nitrogens with one attached hydrogen (secondary N) is 1. The molecule has 0 unspecified atom stereocenters. The third kappa shape index (κ3) is 4.27. The van der Waals surface area contributed by atoms with Gasteiger partial charge in [0.1, 0.15) is 11.4 Å². The van der Waals surface area contributed by atoms with E-state index < -0.39 is 0 Å². The average molecular weight is 415 g/mol. The standard InChI is InChI=1S/C24H26N6O/c31-23(9-6-16-29-14-4-1-5-15-29)18-10-12-19(13-11-18)30-17-22(26-28-30)24-20-7-2-3-8-21(20)25-27-24/h2-3,7-8,10-13,17H,1,4-6,9,14-16H2,(H,25,27). The number of ketones is 1. The number of likely N-dealkylation sites (tertiary alicyclic amines) is 1. The third-order valence-corrected chi connectivity index (χ3v) is 5.99. The Labute approximate surface area is 181 Å². The van der Waals surface area contributed by atoms with Crippen molar-refractivity contribution in [3.63, 3.8) is 0 Å². The Hall–Kier alpha value is -3.32. The Morgan fingerprint density at radius 2 is 1.81 bits per heavy atom. The van der Waals surface area contributed by atoms with Crippen LogP contribution in [0.25, 0.3) is 28.0 Å². The number of H-pyrrole nitrogens is 1. The van der Waals surface area contributed by atoms with Crippen molar-refractivity contribution in [3.05, 3.63) is 60.3 Å². The molecule has 1 saturated heterocycles. The van der Waals surface area contributed by atoms with Gasteiger partial charge in [-0.2, -0.15) is 5.10 Å². The van der Waals surface area contributed by atoms with Crippen molar-refractivity contribution in [2.75, 3.05) is 19.6 Å². The van der Waals surface area contributed by atoms with Crippen LogP contribution in [0.3, 0.4) is 0 Å². The molecule has 1 N–H and O–H groups in total. The summed E-state index contributed by atoms with van der Waals surface area (Å²) in [6, 6.07) is 15.5. The summed E-state index contributed by atoms with van der Waals surface area (Å²) in [7, 11) is 0. The van der Waals surface area contributed by atoms with Crippen molar-refractivity contribution in [2.45, 2.75) is 32.1 Å². The predicted molar refractivity (Wildman–Crippen MR) is 120 cm³/mol. The van der Waals surface area contributed by atoms with Crippen LogP contribution >= 0.6 is 0 Å². The molecule has 0 atom stereocenters. The first-order chi connectivity index (χ1) is 15.3. The third-order valence-electron chi connectivity index (χ3n) is 5.99. The maximum absolute atomic E-state index is 12.6. The van der Waals surface area contributed by atoms with E-state index in [4.69, 9.17) is 0 Å². The van der Waals surface area contributed by atoms with E-state index in [2.05, 4.69) is 25.4 Å². The summed E-state index contributed by atoms with van der Waals surface area (Å²) in [6.45, 7) is 3.38. The minimum atomic E-state index is 0.200. The number of carbonyl (C=O) groups excluding carboxylic acids is 1. The lowest BCUT2D eigenvalue weighted by Crippen LogP contribution is -2.30. The van der Waals surface area contributed by atoms with E-state index in [0.29, 0.717) is 12.1 Å². The van der Waals surface area contributed by atoms with Gasteiger partial charge >= 0.3 is 0 Å². The normalized spacial score (nSPS) is 14.8. The smallest absolute Gasteiger partial charge is 0.162 e. The van der Waals surface area contributed by atoms with Crippen LogP contribution in [-0.2, 0) is 0 Å². The van der Waals surface area contributed by atoms with E-state index in [0.717, 1.165) is 40.8 Å². The largest absolute Gasteiger partial charge is 0.303 e. The van der Waals surface area contributed by atoms with Crippen molar-refractivity contribution < 1.29 is 4.79 Å². The molecule has 3 heterocycles. The molecule has 1 fully saturated rings. The zero-order chi connectivity index (χ0) is 21.0. The Bertz CT molecular complexity index is 1170. The molecule has 1 aliphatic heterocycles. The molecule has 0 amide bonds. The minimum absolute atomic E-state index is 0.200. The highest BCUT2D eigenvalue weighted by molar-refractivity contribution is 5.96. The Morgan fingerprint density at radius 3 is 2.65 bits per heavy atom. The summed E-state index contributed by atoms with van der Waals surface area (Å²) in [5.41, 5.74) is 4.07. The van der Waals surface area contributed by atoms with Gasteiger partial charge in [0.25, 0.3) is 0 Å². The lowest BCUT2D eigenvalue weighted by molar-refractivity contribution is 0.0973. The minimum Gasteiger partial charge on any atom is -0.303 e. The monoisotopic (exact) mass is 414 g/mol. The second kappa shape index (κ2) is 8.81. The molecule has 5 rings (SSSR count). The van der Waals surface area contributed by atoms with Crippen LogP contribution in [0, 0.1) is 0 Å². The van der Waals surface area contributed by atoms with Crippen LogP contribution in [0.15, 0.2) is 54.7 Å². The van der Waals surface area contributed by atoms with Gasteiger partial charge in [-0.05, 0) is 69.2 Å². The van der Waals surface area contributed by atoms with Gasteiger partial charge in [0.05, 0.1) is 17.4 Å². The first kappa shape index (κ1) is 19.6. The number of nitrogens with zero attached hydrogens (tertiary/aromatic N) is 5. The van der Waals surface area contributed by atoms with Crippen molar-refractivity contribution >= 4 is 16.7 Å². The van der Waals surface area contributed by atoms with Crippen molar-refractivity contribution in [3.8, 4) is 17.1 Å². The summed E-state index contributed by atoms with van der Waals surface area (Å²) < 4.78 is 1.71. The highest BCUT2D eigenvalue weighted by Gasteiger charge is 2.14. The first-order valence-corrected chi connectivity index (χ1v) is 11.0. The number of para-hydroxylation sites is 1. The highest BCUT2D eigenvalue weighted by atomic mass is 16.1. The molecular weight excluding hydrogens is 388 g/mol. The van der Waals surface area contributed by atoms with Gasteiger partial charge in [0.2, 0.25) is 0 Å². The van der Waals surface area contributed by atoms with Crippen molar-refractivity contribution in [2.24, 2.45) is 0 Å². The summed E-state index contributed by atoms with van der Waals surface area (Å²) in [4.78, 5) is 15.0. The molecule has 0 aliphatic carbocycles. The zero-order valence-corrected chi connectivity index (χ0v) is 17.5. The molecule has 0 saturated carbocycles. The number of Topliss-reactive ketones (excluding diaryl/α,β-unsaturated/α-hetero) is 1. The number of hydrogen-bond acceptors (Lipinski definition) is 5. The van der Waals surface area contributed by atoms with Crippen LogP contribution < -0.4 is 0 Å². The molecular formula is C24H26N6O. The summed E-state index contributed by atoms with van der Waals surface area (Å²) in [5, 5.41) is 17.0. The summed E-state index contributed by atoms with van der Waals surface area (Å²) in [6.07, 6.45) is 7.29. The van der Waals surface area contributed by atoms with E-state index in [9.17, 15) is 4.79 Å². The summed E-state index contributed by atoms with van der Waals surface area (Å²) in [5.74, 6) is 0.200. The van der Waals surface area contributed by atoms with Gasteiger partial charge in [0, 0.05) is 17.4 Å². The average Bonchev–Trinajstić information content (AvgIpc) is 3.47.